The van der Waals surface area contributed by atoms with E-state index in [1.807, 2.05) is 127 Å². The molecular weight excluding hydrogens is 1780 g/mol. The van der Waals surface area contributed by atoms with Gasteiger partial charge in [-0.25, -0.2) is 40.0 Å². The van der Waals surface area contributed by atoms with Crippen LogP contribution < -0.4 is 31.1 Å². The number of carbonyl (C=O) groups excluding carboxylic acids is 9. The fraction of sp³-hybridized carbons (Fsp3) is 0.430. The van der Waals surface area contributed by atoms with Crippen LogP contribution in [0.5, 0.6) is 11.5 Å². The molecule has 0 unspecified atom stereocenters. The molecule has 1 saturated heterocycles. The molecule has 0 radical (unpaired) electrons. The molecule has 10 heterocycles. The molecule has 43 nitrogen and oxygen atoms in total. The summed E-state index contributed by atoms with van der Waals surface area (Å²) in [5.74, 6) is -7.20. The number of hydrogen-bond donors (Lipinski definition) is 6. The summed E-state index contributed by atoms with van der Waals surface area (Å²) < 4.78 is 110. The number of pyridine rings is 2. The summed E-state index contributed by atoms with van der Waals surface area (Å²) in [7, 11) is -1.23. The number of hydrogen-bond acceptors (Lipinski definition) is 32. The van der Waals surface area contributed by atoms with Crippen LogP contribution in [0.3, 0.4) is 0 Å². The monoisotopic (exact) mass is 1880 g/mol. The highest BCUT2D eigenvalue weighted by Crippen LogP contribution is 2.40. The van der Waals surface area contributed by atoms with E-state index in [9.17, 15) is 92.3 Å². The Morgan fingerprint density at radius 2 is 0.811 bits per heavy atom. The highest BCUT2D eigenvalue weighted by Gasteiger charge is 2.48. The lowest BCUT2D eigenvalue weighted by atomic mass is 9.69. The fourth-order valence-corrected chi connectivity index (χ4v) is 15.9. The molecule has 6 amide bonds. The van der Waals surface area contributed by atoms with Gasteiger partial charge in [-0.3, -0.25) is 52.4 Å². The van der Waals surface area contributed by atoms with Crippen LogP contribution in [0.15, 0.2) is 140 Å². The number of phenolic OH excluding ortho intramolecular Hbond substituents is 2. The summed E-state index contributed by atoms with van der Waals surface area (Å²) in [5.41, 5.74) is 8.45. The molecular formula is C86H109N21O22S3. The van der Waals surface area contributed by atoms with Gasteiger partial charge in [0.2, 0.25) is 0 Å². The van der Waals surface area contributed by atoms with Crippen LogP contribution in [0.4, 0.5) is 11.4 Å². The lowest BCUT2D eigenvalue weighted by molar-refractivity contribution is -0.903. The molecule has 4 aromatic carbocycles. The number of nitrogens with zero attached hydrogens (tertiary/aromatic N) is 17. The molecule has 6 aliphatic rings. The van der Waals surface area contributed by atoms with E-state index in [4.69, 9.17) is 9.57 Å². The number of amides is 6. The number of aromatic hydroxyl groups is 2. The average Bonchev–Trinajstić information content (AvgIpc) is 1.20. The van der Waals surface area contributed by atoms with E-state index >= 15 is 0 Å². The maximum Gasteiger partial charge on any atom is 0.358 e. The summed E-state index contributed by atoms with van der Waals surface area (Å²) in [4.78, 5) is 128. The Balaban J connectivity index is 0.000000206. The molecule has 5 aromatic heterocycles. The molecule has 1 saturated carbocycles. The number of hydroxylamine groups is 2. The normalized spacial score (nSPS) is 15.4. The maximum atomic E-state index is 12.7. The zero-order valence-corrected chi connectivity index (χ0v) is 76.9. The van der Waals surface area contributed by atoms with E-state index in [1.165, 1.54) is 19.1 Å². The van der Waals surface area contributed by atoms with Crippen molar-refractivity contribution in [1.82, 2.24) is 81.3 Å². The van der Waals surface area contributed by atoms with Gasteiger partial charge in [0.05, 0.1) is 143 Å². The van der Waals surface area contributed by atoms with Gasteiger partial charge in [0.15, 0.2) is 11.6 Å². The molecule has 5 aliphatic heterocycles. The van der Waals surface area contributed by atoms with Crippen molar-refractivity contribution in [2.45, 2.75) is 117 Å². The summed E-state index contributed by atoms with van der Waals surface area (Å²) >= 11 is 0. The lowest BCUT2D eigenvalue weighted by Crippen LogP contribution is -2.44. The summed E-state index contributed by atoms with van der Waals surface area (Å²) in [6.07, 6.45) is 6.13. The van der Waals surface area contributed by atoms with Crippen molar-refractivity contribution in [2.75, 3.05) is 128 Å². The van der Waals surface area contributed by atoms with Gasteiger partial charge in [-0.05, 0) is 78.1 Å². The second-order valence-corrected chi connectivity index (χ2v) is 38.7. The smallest absolute Gasteiger partial charge is 0.358 e. The number of anilines is 2. The van der Waals surface area contributed by atoms with Crippen LogP contribution in [0, 0.1) is 12.8 Å². The molecule has 8 bridgehead atoms. The molecule has 15 rings (SSSR count). The van der Waals surface area contributed by atoms with E-state index in [1.54, 1.807) is 68.8 Å². The van der Waals surface area contributed by atoms with Crippen molar-refractivity contribution in [3.63, 3.8) is 0 Å². The first-order chi connectivity index (χ1) is 62.3. The number of ether oxygens (including phenoxy) is 1. The van der Waals surface area contributed by atoms with E-state index in [0.29, 0.717) is 108 Å². The van der Waals surface area contributed by atoms with Crippen LogP contribution in [0.2, 0.25) is 0 Å². The first kappa shape index (κ1) is 101. The number of ketones is 2. The number of aryl methyl sites for hydroxylation is 1. The van der Waals surface area contributed by atoms with E-state index < -0.39 is 107 Å². The minimum atomic E-state index is -4.29. The molecule has 9 aromatic rings. The van der Waals surface area contributed by atoms with E-state index in [0.717, 1.165) is 44.9 Å². The fourth-order valence-electron chi connectivity index (χ4n) is 14.4. The zero-order chi connectivity index (χ0) is 95.9. The number of quaternary nitrogens is 3. The summed E-state index contributed by atoms with van der Waals surface area (Å²) in [6.45, 7) is 9.82. The van der Waals surface area contributed by atoms with Gasteiger partial charge in [0.1, 0.15) is 83.5 Å². The molecule has 1 aliphatic carbocycles. The van der Waals surface area contributed by atoms with E-state index in [-0.39, 0.29) is 123 Å². The highest BCUT2D eigenvalue weighted by molar-refractivity contribution is 7.86. The summed E-state index contributed by atoms with van der Waals surface area (Å²) in [5, 5.41) is 58.3. The van der Waals surface area contributed by atoms with Crippen molar-refractivity contribution in [1.29, 1.82) is 0 Å². The quantitative estimate of drug-likeness (QED) is 0.0108. The van der Waals surface area contributed by atoms with Gasteiger partial charge in [-0.2, -0.15) is 0 Å². The molecule has 0 spiro atoms. The minimum absolute atomic E-state index is 0.00394. The predicted octanol–water partition coefficient (Wildman–Crippen LogP) is 2.12. The van der Waals surface area contributed by atoms with Crippen molar-refractivity contribution in [2.24, 2.45) is 5.92 Å². The lowest BCUT2D eigenvalue weighted by Gasteiger charge is -2.31. The maximum absolute atomic E-state index is 12.7. The summed E-state index contributed by atoms with van der Waals surface area (Å²) in [6, 6.07) is 34.3. The third-order valence-corrected chi connectivity index (χ3v) is 24.0. The number of Topliss-reactive ketones (excluding diaryl/α,β-unsaturated/α-hetero) is 2. The number of rotatable bonds is 36. The Hall–Kier alpha value is -12.8. The number of imide groups is 1. The molecule has 6 N–H and O–H groups in total. The topological polar surface area (TPSA) is 560 Å². The molecule has 0 atom stereocenters. The largest absolute Gasteiger partial charge is 0.748 e. The minimum Gasteiger partial charge on any atom is -0.748 e. The molecule has 2 fully saturated rings. The Morgan fingerprint density at radius 1 is 0.477 bits per heavy atom. The average molecular weight is 1890 g/mol. The van der Waals surface area contributed by atoms with Gasteiger partial charge in [-0.15, -0.1) is 20.4 Å². The van der Waals surface area contributed by atoms with Crippen LogP contribution in [-0.4, -0.2) is 294 Å². The van der Waals surface area contributed by atoms with E-state index in [2.05, 4.69) is 67.1 Å². The third kappa shape index (κ3) is 32.1. The Kier molecular flexibility index (Phi) is 34.8. The Bertz CT molecular complexity index is 5620. The van der Waals surface area contributed by atoms with Gasteiger partial charge in [-0.1, -0.05) is 88.4 Å². The molecule has 708 valence electrons. The highest BCUT2D eigenvalue weighted by atomic mass is 32.2. The van der Waals surface area contributed by atoms with Crippen molar-refractivity contribution in [3.05, 3.63) is 213 Å². The van der Waals surface area contributed by atoms with Crippen LogP contribution in [0.1, 0.15) is 137 Å². The van der Waals surface area contributed by atoms with Gasteiger partial charge < -0.3 is 78.0 Å². The second-order valence-electron chi connectivity index (χ2n) is 34.1. The number of phenols is 2. The molecule has 132 heavy (non-hydrogen) atoms. The first-order valence-electron chi connectivity index (χ1n) is 42.3. The number of carbonyl (C=O) groups is 9. The van der Waals surface area contributed by atoms with Gasteiger partial charge >= 0.3 is 5.97 Å². The molecule has 46 heteroatoms. The SMILES string of the molecule is CC1C(=O)C(c2ccc(N(CCOCC(=O)ON3C(=O)CCC3=O)CCn3cc(C[N+](C)(C)CCCS(=O)(=O)[O-])nn3)cc2O)C1=O.Cc1ccc(N(CCn2cc(C[N+](C)(C)CCCS(=O)(=O)[O-])nn2)CCn2cc(C[N+](C)(C)CCCS(=O)(=O)[O-])nn2)cc1O.O=C1NCc2ccc(cc2)CNC(=O)c2cccc(n2)C(=O)NCc2ccc(cc2)CNC(=O)c2cccc1n2. The third-order valence-electron chi connectivity index (χ3n) is 21.7. The number of aromatic nitrogens is 11. The van der Waals surface area contributed by atoms with Crippen molar-refractivity contribution >= 4 is 94.7 Å². The van der Waals surface area contributed by atoms with Crippen molar-refractivity contribution < 1.29 is 115 Å². The Morgan fingerprint density at radius 3 is 1.14 bits per heavy atom. The standard InChI is InChI=1S/C30H26N6O4.C29H38N6O11S.C27H45N9O7S2/c37-27-23-3-1-4-24(35-23)28(38)32-16-20-9-13-22(14-10-20)18-34-30(40)26-6-2-5-25(36-26)29(39)33-17-21-11-7-19(8-12-21)15-31-27;1-19-28(40)27(29(19)41)22-6-5-21(15-23(22)36)32(11-13-45-18-26(39)46-34-24(37)7-8-25(34)38)9-10-33-16-20(30-31-33)17-35(2,3)12-4-14-47(42,43)44;1-23-8-9-26(18-27(23)37)32(10-12-33-19-24(28-30-33)21-35(2,3)14-6-16-44(38,39)40)11-13-34-20-25(29-31-34)22-36(4,5)15-7-17-45(41,42)43/h1-14H,15-18H2,(H,31,37)(H,32,38)(H,33,39)(H,34,40);5-6,15-16,19,27H,4,7-14,17-18H2,1-3H3,(H-,36,42,43,44);8-9,18-20H,6-7,10-17,21-22H2,1-5H3,(H-2,37,38,39,40,41,42,43). The number of benzene rings is 4. The second kappa shape index (κ2) is 45.4. The Labute approximate surface area is 763 Å². The first-order valence-corrected chi connectivity index (χ1v) is 47.0. The zero-order valence-electron chi connectivity index (χ0n) is 74.4. The van der Waals surface area contributed by atoms with Crippen molar-refractivity contribution in [3.8, 4) is 11.5 Å². The van der Waals surface area contributed by atoms with Crippen LogP contribution in [0.25, 0.3) is 0 Å². The van der Waals surface area contributed by atoms with Crippen LogP contribution in [-0.2, 0) is 129 Å². The van der Waals surface area contributed by atoms with Crippen LogP contribution >= 0.6 is 0 Å². The van der Waals surface area contributed by atoms with Gasteiger partial charge in [0.25, 0.3) is 35.4 Å². The number of nitrogens with one attached hydrogen (secondary N) is 4. The predicted molar refractivity (Wildman–Crippen MR) is 471 cm³/mol. The van der Waals surface area contributed by atoms with Gasteiger partial charge in [0, 0.05) is 131 Å².